The Hall–Kier alpha value is -0.770. The van der Waals surface area contributed by atoms with E-state index in [1.165, 1.54) is 25.7 Å². The van der Waals surface area contributed by atoms with Gasteiger partial charge in [-0.05, 0) is 63.0 Å². The van der Waals surface area contributed by atoms with Crippen molar-refractivity contribution < 1.29 is 5.11 Å². The van der Waals surface area contributed by atoms with Gasteiger partial charge < -0.3 is 10.8 Å². The average molecular weight is 297 g/mol. The molecule has 1 unspecified atom stereocenters. The topological polar surface area (TPSA) is 49.5 Å². The van der Waals surface area contributed by atoms with Crippen LogP contribution in [0.5, 0.6) is 5.75 Å². The number of hydrogen-bond acceptors (Lipinski definition) is 3. The minimum absolute atomic E-state index is 0.119. The van der Waals surface area contributed by atoms with Crippen LogP contribution in [0.1, 0.15) is 38.2 Å². The van der Waals surface area contributed by atoms with Gasteiger partial charge >= 0.3 is 0 Å². The molecule has 1 aliphatic heterocycles. The quantitative estimate of drug-likeness (QED) is 0.897. The van der Waals surface area contributed by atoms with Crippen LogP contribution in [0, 0.1) is 0 Å². The lowest BCUT2D eigenvalue weighted by Crippen LogP contribution is -2.53. The standard InChI is InChI=1S/C16H25ClN2O/c1-16(12-18,19-8-4-2-3-5-9-19)11-13-10-14(17)6-7-15(13)20/h6-7,10,20H,2-5,8-9,11-12,18H2,1H3. The lowest BCUT2D eigenvalue weighted by atomic mass is 9.90. The molecular formula is C16H25ClN2O. The number of benzene rings is 1. The number of likely N-dealkylation sites (tertiary alicyclic amines) is 1. The minimum Gasteiger partial charge on any atom is -0.508 e. The first-order chi connectivity index (χ1) is 9.55. The molecular weight excluding hydrogens is 272 g/mol. The molecule has 2 rings (SSSR count). The van der Waals surface area contributed by atoms with Crippen LogP contribution in [-0.2, 0) is 6.42 Å². The summed E-state index contributed by atoms with van der Waals surface area (Å²) >= 11 is 6.04. The van der Waals surface area contributed by atoms with Crippen LogP contribution < -0.4 is 5.73 Å². The van der Waals surface area contributed by atoms with Crippen molar-refractivity contribution in [3.05, 3.63) is 28.8 Å². The van der Waals surface area contributed by atoms with Crippen molar-refractivity contribution in [2.24, 2.45) is 5.73 Å². The summed E-state index contributed by atoms with van der Waals surface area (Å²) < 4.78 is 0. The molecule has 0 spiro atoms. The molecule has 112 valence electrons. The lowest BCUT2D eigenvalue weighted by molar-refractivity contribution is 0.114. The molecule has 0 amide bonds. The zero-order valence-corrected chi connectivity index (χ0v) is 13.0. The summed E-state index contributed by atoms with van der Waals surface area (Å²) in [4.78, 5) is 2.49. The summed E-state index contributed by atoms with van der Waals surface area (Å²) in [6, 6.07) is 5.23. The summed E-state index contributed by atoms with van der Waals surface area (Å²) in [7, 11) is 0. The van der Waals surface area contributed by atoms with Gasteiger partial charge in [0.15, 0.2) is 0 Å². The van der Waals surface area contributed by atoms with Gasteiger partial charge in [-0.15, -0.1) is 0 Å². The Morgan fingerprint density at radius 2 is 1.90 bits per heavy atom. The predicted molar refractivity (Wildman–Crippen MR) is 84.3 cm³/mol. The number of phenols is 1. The highest BCUT2D eigenvalue weighted by atomic mass is 35.5. The largest absolute Gasteiger partial charge is 0.508 e. The van der Waals surface area contributed by atoms with Gasteiger partial charge in [0.25, 0.3) is 0 Å². The maximum atomic E-state index is 10.0. The van der Waals surface area contributed by atoms with Crippen LogP contribution in [0.15, 0.2) is 18.2 Å². The Kier molecular flexibility index (Phi) is 5.30. The number of aromatic hydroxyl groups is 1. The molecule has 1 saturated heterocycles. The Labute approximate surface area is 126 Å². The van der Waals surface area contributed by atoms with Gasteiger partial charge in [-0.2, -0.15) is 0 Å². The smallest absolute Gasteiger partial charge is 0.118 e. The highest BCUT2D eigenvalue weighted by Crippen LogP contribution is 2.29. The third-order valence-electron chi connectivity index (χ3n) is 4.42. The van der Waals surface area contributed by atoms with Gasteiger partial charge in [0.2, 0.25) is 0 Å². The molecule has 0 radical (unpaired) electrons. The van der Waals surface area contributed by atoms with Crippen molar-refractivity contribution in [1.82, 2.24) is 4.90 Å². The fourth-order valence-electron chi connectivity index (χ4n) is 3.03. The number of rotatable bonds is 4. The molecule has 3 N–H and O–H groups in total. The first-order valence-electron chi connectivity index (χ1n) is 7.48. The van der Waals surface area contributed by atoms with Crippen molar-refractivity contribution in [1.29, 1.82) is 0 Å². The van der Waals surface area contributed by atoms with E-state index in [1.807, 2.05) is 6.07 Å². The van der Waals surface area contributed by atoms with Crippen LogP contribution in [0.25, 0.3) is 0 Å². The number of halogens is 1. The SMILES string of the molecule is CC(CN)(Cc1cc(Cl)ccc1O)N1CCCCCC1. The molecule has 0 aliphatic carbocycles. The number of nitrogens with two attached hydrogens (primary N) is 1. The minimum atomic E-state index is -0.119. The number of phenolic OH excluding ortho intramolecular Hbond substituents is 1. The van der Waals surface area contributed by atoms with Crippen molar-refractivity contribution in [3.8, 4) is 5.75 Å². The number of nitrogens with zero attached hydrogens (tertiary/aromatic N) is 1. The van der Waals surface area contributed by atoms with Crippen molar-refractivity contribution in [3.63, 3.8) is 0 Å². The Morgan fingerprint density at radius 1 is 1.25 bits per heavy atom. The Balaban J connectivity index is 2.19. The molecule has 1 heterocycles. The molecule has 20 heavy (non-hydrogen) atoms. The van der Waals surface area contributed by atoms with Crippen LogP contribution in [0.4, 0.5) is 0 Å². The second kappa shape index (κ2) is 6.79. The first-order valence-corrected chi connectivity index (χ1v) is 7.85. The van der Waals surface area contributed by atoms with E-state index in [1.54, 1.807) is 12.1 Å². The lowest BCUT2D eigenvalue weighted by Gasteiger charge is -2.40. The predicted octanol–water partition coefficient (Wildman–Crippen LogP) is 3.18. The maximum Gasteiger partial charge on any atom is 0.118 e. The maximum absolute atomic E-state index is 10.0. The average Bonchev–Trinajstić information content (AvgIpc) is 2.72. The molecule has 1 aromatic rings. The summed E-state index contributed by atoms with van der Waals surface area (Å²) in [5, 5.41) is 10.7. The van der Waals surface area contributed by atoms with E-state index in [0.717, 1.165) is 25.1 Å². The molecule has 0 bridgehead atoms. The number of hydrogen-bond donors (Lipinski definition) is 2. The zero-order valence-electron chi connectivity index (χ0n) is 12.2. The summed E-state index contributed by atoms with van der Waals surface area (Å²) in [6.07, 6.45) is 5.81. The van der Waals surface area contributed by atoms with Gasteiger partial charge in [-0.3, -0.25) is 4.90 Å². The van der Waals surface area contributed by atoms with E-state index in [2.05, 4.69) is 11.8 Å². The third-order valence-corrected chi connectivity index (χ3v) is 4.66. The van der Waals surface area contributed by atoms with E-state index in [9.17, 15) is 5.11 Å². The van der Waals surface area contributed by atoms with E-state index < -0.39 is 0 Å². The van der Waals surface area contributed by atoms with E-state index >= 15 is 0 Å². The van der Waals surface area contributed by atoms with Gasteiger partial charge in [-0.1, -0.05) is 24.4 Å². The van der Waals surface area contributed by atoms with E-state index in [4.69, 9.17) is 17.3 Å². The highest BCUT2D eigenvalue weighted by molar-refractivity contribution is 6.30. The van der Waals surface area contributed by atoms with E-state index in [0.29, 0.717) is 17.3 Å². The molecule has 3 nitrogen and oxygen atoms in total. The molecule has 4 heteroatoms. The zero-order chi connectivity index (χ0) is 14.6. The summed E-state index contributed by atoms with van der Waals surface area (Å²) in [5.74, 6) is 0.309. The third kappa shape index (κ3) is 3.66. The van der Waals surface area contributed by atoms with Gasteiger partial charge in [0, 0.05) is 17.1 Å². The van der Waals surface area contributed by atoms with Crippen LogP contribution in [0.2, 0.25) is 5.02 Å². The van der Waals surface area contributed by atoms with Crippen LogP contribution >= 0.6 is 11.6 Å². The van der Waals surface area contributed by atoms with E-state index in [-0.39, 0.29) is 5.54 Å². The fraction of sp³-hybridized carbons (Fsp3) is 0.625. The van der Waals surface area contributed by atoms with Gasteiger partial charge in [0.1, 0.15) is 5.75 Å². The fourth-order valence-corrected chi connectivity index (χ4v) is 3.22. The molecule has 0 aromatic heterocycles. The van der Waals surface area contributed by atoms with Crippen molar-refractivity contribution >= 4 is 11.6 Å². The van der Waals surface area contributed by atoms with Crippen molar-refractivity contribution in [2.75, 3.05) is 19.6 Å². The highest BCUT2D eigenvalue weighted by Gasteiger charge is 2.31. The summed E-state index contributed by atoms with van der Waals surface area (Å²) in [6.45, 7) is 4.96. The van der Waals surface area contributed by atoms with Gasteiger partial charge in [0.05, 0.1) is 0 Å². The molecule has 1 fully saturated rings. The summed E-state index contributed by atoms with van der Waals surface area (Å²) in [5.41, 5.74) is 6.83. The van der Waals surface area contributed by atoms with Crippen molar-refractivity contribution in [2.45, 2.75) is 44.6 Å². The monoisotopic (exact) mass is 296 g/mol. The second-order valence-electron chi connectivity index (χ2n) is 6.05. The van der Waals surface area contributed by atoms with Crippen LogP contribution in [0.3, 0.4) is 0 Å². The molecule has 1 atom stereocenters. The molecule has 1 aromatic carbocycles. The van der Waals surface area contributed by atoms with Gasteiger partial charge in [-0.25, -0.2) is 0 Å². The van der Waals surface area contributed by atoms with Crippen LogP contribution in [-0.4, -0.2) is 35.2 Å². The normalized spacial score (nSPS) is 20.4. The Morgan fingerprint density at radius 3 is 2.50 bits per heavy atom. The second-order valence-corrected chi connectivity index (χ2v) is 6.49. The first kappa shape index (κ1) is 15.6. The molecule has 1 aliphatic rings. The Bertz CT molecular complexity index is 444. The molecule has 0 saturated carbocycles.